The van der Waals surface area contributed by atoms with Gasteiger partial charge in [0.05, 0.1) is 13.2 Å². The van der Waals surface area contributed by atoms with Gasteiger partial charge in [0.15, 0.2) is 13.1 Å². The number of amides is 1. The van der Waals surface area contributed by atoms with E-state index < -0.39 is 18.5 Å². The molecule has 1 aliphatic rings. The average Bonchev–Trinajstić information content (AvgIpc) is 2.33. The van der Waals surface area contributed by atoms with Gasteiger partial charge in [-0.15, -0.1) is 0 Å². The molecule has 1 unspecified atom stereocenters. The highest BCUT2D eigenvalue weighted by Gasteiger charge is 2.22. The van der Waals surface area contributed by atoms with E-state index in [0.29, 0.717) is 6.61 Å². The third kappa shape index (κ3) is 6.73. The molecule has 5 nitrogen and oxygen atoms in total. The lowest BCUT2D eigenvalue weighted by molar-refractivity contribution is -0.164. The fraction of sp³-hybridized carbons (Fsp3) is 0.923. The quantitative estimate of drug-likeness (QED) is 0.725. The second-order valence-corrected chi connectivity index (χ2v) is 5.53. The molecule has 1 saturated heterocycles. The van der Waals surface area contributed by atoms with Crippen LogP contribution >= 0.6 is 0 Å². The van der Waals surface area contributed by atoms with Gasteiger partial charge >= 0.3 is 6.09 Å². The molecule has 0 spiro atoms. The van der Waals surface area contributed by atoms with Crippen molar-refractivity contribution < 1.29 is 23.4 Å². The Morgan fingerprint density at radius 1 is 1.42 bits per heavy atom. The van der Waals surface area contributed by atoms with E-state index in [4.69, 9.17) is 14.2 Å². The lowest BCUT2D eigenvalue weighted by atomic mass is 10.2. The third-order valence-electron chi connectivity index (χ3n) is 2.60. The summed E-state index contributed by atoms with van der Waals surface area (Å²) in [5.74, 6) is 0. The molecule has 6 heteroatoms. The van der Waals surface area contributed by atoms with Crippen LogP contribution in [0.3, 0.4) is 0 Å². The van der Waals surface area contributed by atoms with Gasteiger partial charge in [-0.1, -0.05) is 0 Å². The second-order valence-electron chi connectivity index (χ2n) is 5.53. The molecule has 1 heterocycles. The zero-order valence-corrected chi connectivity index (χ0v) is 12.0. The first kappa shape index (κ1) is 16.2. The zero-order chi connectivity index (χ0) is 14.3. The molecule has 0 aromatic heterocycles. The molecule has 1 rings (SSSR count). The summed E-state index contributed by atoms with van der Waals surface area (Å²) in [6, 6.07) is 0. The summed E-state index contributed by atoms with van der Waals surface area (Å²) in [4.78, 5) is 12.6. The van der Waals surface area contributed by atoms with Gasteiger partial charge in [0.25, 0.3) is 0 Å². The van der Waals surface area contributed by atoms with Crippen LogP contribution in [0.1, 0.15) is 40.0 Å². The van der Waals surface area contributed by atoms with E-state index in [2.05, 4.69) is 0 Å². The number of carbonyl (C=O) groups is 1. The molecule has 0 radical (unpaired) electrons. The number of halogens is 1. The van der Waals surface area contributed by atoms with Gasteiger partial charge in [0, 0.05) is 6.61 Å². The van der Waals surface area contributed by atoms with Crippen LogP contribution in [-0.2, 0) is 14.2 Å². The van der Waals surface area contributed by atoms with Crippen molar-refractivity contribution in [2.45, 2.75) is 51.9 Å². The summed E-state index contributed by atoms with van der Waals surface area (Å²) in [6.45, 7) is 5.45. The molecule has 0 aliphatic carbocycles. The van der Waals surface area contributed by atoms with Crippen LogP contribution in [0.2, 0.25) is 0 Å². The van der Waals surface area contributed by atoms with Crippen molar-refractivity contribution in [3.63, 3.8) is 0 Å². The fourth-order valence-corrected chi connectivity index (χ4v) is 1.66. The molecule has 19 heavy (non-hydrogen) atoms. The van der Waals surface area contributed by atoms with Crippen LogP contribution in [0.25, 0.3) is 0 Å². The van der Waals surface area contributed by atoms with E-state index in [0.717, 1.165) is 24.2 Å². The second kappa shape index (κ2) is 7.65. The highest BCUT2D eigenvalue weighted by Crippen LogP contribution is 2.14. The van der Waals surface area contributed by atoms with Crippen molar-refractivity contribution in [2.75, 3.05) is 26.6 Å². The number of nitrogens with zero attached hydrogens (tertiary/aromatic N) is 1. The van der Waals surface area contributed by atoms with Crippen molar-refractivity contribution >= 4 is 6.09 Å². The predicted molar refractivity (Wildman–Crippen MR) is 68.5 cm³/mol. The average molecular weight is 277 g/mol. The highest BCUT2D eigenvalue weighted by atomic mass is 19.1. The Kier molecular flexibility index (Phi) is 6.51. The molecule has 0 bridgehead atoms. The first-order chi connectivity index (χ1) is 8.92. The number of ether oxygens (including phenoxy) is 3. The molecular weight excluding hydrogens is 253 g/mol. The van der Waals surface area contributed by atoms with E-state index in [1.807, 2.05) is 0 Å². The van der Waals surface area contributed by atoms with Crippen molar-refractivity contribution in [3.05, 3.63) is 0 Å². The molecular formula is C13H24FNO4. The van der Waals surface area contributed by atoms with Crippen LogP contribution in [0.15, 0.2) is 0 Å². The van der Waals surface area contributed by atoms with Crippen molar-refractivity contribution in [2.24, 2.45) is 0 Å². The van der Waals surface area contributed by atoms with Crippen molar-refractivity contribution in [1.29, 1.82) is 0 Å². The maximum Gasteiger partial charge on any atom is 0.412 e. The monoisotopic (exact) mass is 277 g/mol. The maximum absolute atomic E-state index is 12.8. The standard InChI is InChI=1S/C13H24FNO4/c1-13(2,3)19-12(16)15(10-14)7-9-18-11-6-4-5-8-17-11/h11H,4-10H2,1-3H3. The molecule has 1 atom stereocenters. The van der Waals surface area contributed by atoms with Crippen LogP contribution in [0.4, 0.5) is 9.18 Å². The Labute approximate surface area is 114 Å². The van der Waals surface area contributed by atoms with Gasteiger partial charge in [-0.25, -0.2) is 9.18 Å². The van der Waals surface area contributed by atoms with E-state index in [9.17, 15) is 9.18 Å². The van der Waals surface area contributed by atoms with Crippen LogP contribution in [0, 0.1) is 0 Å². The smallest absolute Gasteiger partial charge is 0.412 e. The summed E-state index contributed by atoms with van der Waals surface area (Å²) < 4.78 is 28.7. The molecule has 1 aliphatic heterocycles. The molecule has 112 valence electrons. The van der Waals surface area contributed by atoms with Gasteiger partial charge < -0.3 is 14.2 Å². The Morgan fingerprint density at radius 3 is 2.68 bits per heavy atom. The van der Waals surface area contributed by atoms with Crippen LogP contribution in [-0.4, -0.2) is 49.4 Å². The molecule has 1 fully saturated rings. The van der Waals surface area contributed by atoms with E-state index in [1.54, 1.807) is 20.8 Å². The molecule has 0 aromatic rings. The fourth-order valence-electron chi connectivity index (χ4n) is 1.66. The summed E-state index contributed by atoms with van der Waals surface area (Å²) in [5.41, 5.74) is -0.627. The Balaban J connectivity index is 2.25. The first-order valence-electron chi connectivity index (χ1n) is 6.69. The lowest BCUT2D eigenvalue weighted by Crippen LogP contribution is -2.39. The number of carbonyl (C=O) groups excluding carboxylic acids is 1. The largest absolute Gasteiger partial charge is 0.444 e. The topological polar surface area (TPSA) is 48.0 Å². The minimum absolute atomic E-state index is 0.158. The summed E-state index contributed by atoms with van der Waals surface area (Å²) >= 11 is 0. The van der Waals surface area contributed by atoms with Gasteiger partial charge in [-0.3, -0.25) is 4.90 Å². The maximum atomic E-state index is 12.8. The highest BCUT2D eigenvalue weighted by molar-refractivity contribution is 5.67. The Hall–Kier alpha value is -0.880. The van der Waals surface area contributed by atoms with E-state index in [-0.39, 0.29) is 19.4 Å². The lowest BCUT2D eigenvalue weighted by Gasteiger charge is -2.27. The number of hydrogen-bond acceptors (Lipinski definition) is 4. The summed E-state index contributed by atoms with van der Waals surface area (Å²) in [7, 11) is 0. The van der Waals surface area contributed by atoms with Gasteiger partial charge in [-0.05, 0) is 40.0 Å². The summed E-state index contributed by atoms with van der Waals surface area (Å²) in [6.07, 6.45) is 2.08. The normalized spacial score (nSPS) is 20.1. The summed E-state index contributed by atoms with van der Waals surface area (Å²) in [5, 5.41) is 0. The first-order valence-corrected chi connectivity index (χ1v) is 6.69. The SMILES string of the molecule is CC(C)(C)OC(=O)N(CF)CCOC1CCCCO1. The van der Waals surface area contributed by atoms with Gasteiger partial charge in [0.2, 0.25) is 0 Å². The molecule has 0 aromatic carbocycles. The molecule has 0 saturated carbocycles. The van der Waals surface area contributed by atoms with Crippen molar-refractivity contribution in [1.82, 2.24) is 4.90 Å². The number of alkyl halides is 1. The van der Waals surface area contributed by atoms with Crippen molar-refractivity contribution in [3.8, 4) is 0 Å². The van der Waals surface area contributed by atoms with Crippen LogP contribution < -0.4 is 0 Å². The Morgan fingerprint density at radius 2 is 2.16 bits per heavy atom. The van der Waals surface area contributed by atoms with E-state index in [1.165, 1.54) is 0 Å². The predicted octanol–water partition coefficient (Wildman–Crippen LogP) is 2.69. The minimum atomic E-state index is -0.885. The van der Waals surface area contributed by atoms with Gasteiger partial charge in [0.1, 0.15) is 5.60 Å². The van der Waals surface area contributed by atoms with Crippen LogP contribution in [0.5, 0.6) is 0 Å². The van der Waals surface area contributed by atoms with Gasteiger partial charge in [-0.2, -0.15) is 0 Å². The number of hydrogen-bond donors (Lipinski definition) is 0. The Bertz CT molecular complexity index is 274. The molecule has 0 N–H and O–H groups in total. The minimum Gasteiger partial charge on any atom is -0.444 e. The number of rotatable bonds is 5. The van der Waals surface area contributed by atoms with E-state index >= 15 is 0 Å². The molecule has 1 amide bonds. The zero-order valence-electron chi connectivity index (χ0n) is 12.0. The third-order valence-corrected chi connectivity index (χ3v) is 2.60.